The van der Waals surface area contributed by atoms with Crippen LogP contribution in [0.3, 0.4) is 0 Å². The first-order chi connectivity index (χ1) is 8.11. The van der Waals surface area contributed by atoms with Crippen LogP contribution in [0.5, 0.6) is 5.75 Å². The smallest absolute Gasteiger partial charge is 0.178 e. The molecule has 0 amide bonds. The average molecular weight is 248 g/mol. The number of aromatic nitrogens is 2. The van der Waals surface area contributed by atoms with Crippen molar-refractivity contribution in [3.8, 4) is 5.75 Å². The number of aromatic amines is 1. The van der Waals surface area contributed by atoms with E-state index >= 15 is 0 Å². The SMILES string of the molecule is COc1ccc2c(c1)[nH]c(=S)n2CC1(C)CC1. The summed E-state index contributed by atoms with van der Waals surface area (Å²) in [5.41, 5.74) is 2.68. The normalized spacial score (nSPS) is 17.3. The van der Waals surface area contributed by atoms with Crippen molar-refractivity contribution in [2.45, 2.75) is 26.3 Å². The van der Waals surface area contributed by atoms with Crippen molar-refractivity contribution in [1.82, 2.24) is 9.55 Å². The summed E-state index contributed by atoms with van der Waals surface area (Å²) in [5.74, 6) is 0.860. The van der Waals surface area contributed by atoms with E-state index in [-0.39, 0.29) is 0 Å². The molecule has 1 aliphatic rings. The molecule has 0 radical (unpaired) electrons. The van der Waals surface area contributed by atoms with E-state index in [9.17, 15) is 0 Å². The topological polar surface area (TPSA) is 29.9 Å². The predicted molar refractivity (Wildman–Crippen MR) is 71.0 cm³/mol. The van der Waals surface area contributed by atoms with E-state index in [0.717, 1.165) is 22.6 Å². The Bertz CT molecular complexity index is 622. The molecule has 0 bridgehead atoms. The lowest BCUT2D eigenvalue weighted by Crippen LogP contribution is -2.07. The highest BCUT2D eigenvalue weighted by molar-refractivity contribution is 7.71. The molecule has 3 nitrogen and oxygen atoms in total. The number of hydrogen-bond donors (Lipinski definition) is 1. The first kappa shape index (κ1) is 10.8. The fourth-order valence-corrected chi connectivity index (χ4v) is 2.45. The summed E-state index contributed by atoms with van der Waals surface area (Å²) in [6.07, 6.45) is 2.61. The van der Waals surface area contributed by atoms with Gasteiger partial charge in [-0.25, -0.2) is 0 Å². The molecule has 0 spiro atoms. The molecule has 0 saturated heterocycles. The maximum Gasteiger partial charge on any atom is 0.178 e. The Kier molecular flexibility index (Phi) is 2.30. The number of imidazole rings is 1. The van der Waals surface area contributed by atoms with Gasteiger partial charge in [-0.05, 0) is 42.6 Å². The molecule has 1 aromatic carbocycles. The lowest BCUT2D eigenvalue weighted by molar-refractivity contribution is 0.415. The fourth-order valence-electron chi connectivity index (χ4n) is 2.18. The molecule has 1 aromatic heterocycles. The summed E-state index contributed by atoms with van der Waals surface area (Å²) in [6.45, 7) is 3.33. The molecule has 1 N–H and O–H groups in total. The summed E-state index contributed by atoms with van der Waals surface area (Å²) >= 11 is 5.39. The van der Waals surface area contributed by atoms with Crippen molar-refractivity contribution >= 4 is 23.3 Å². The van der Waals surface area contributed by atoms with Gasteiger partial charge < -0.3 is 14.3 Å². The number of hydrogen-bond acceptors (Lipinski definition) is 2. The van der Waals surface area contributed by atoms with E-state index in [2.05, 4.69) is 22.5 Å². The number of nitrogens with one attached hydrogen (secondary N) is 1. The Morgan fingerprint density at radius 3 is 2.88 bits per heavy atom. The number of H-pyrrole nitrogens is 1. The lowest BCUT2D eigenvalue weighted by atomic mass is 10.1. The summed E-state index contributed by atoms with van der Waals surface area (Å²) in [6, 6.07) is 6.06. The van der Waals surface area contributed by atoms with Crippen LogP contribution < -0.4 is 4.74 Å². The van der Waals surface area contributed by atoms with E-state index < -0.39 is 0 Å². The Labute approximate surface area is 105 Å². The molecule has 3 rings (SSSR count). The van der Waals surface area contributed by atoms with Gasteiger partial charge in [-0.3, -0.25) is 0 Å². The van der Waals surface area contributed by atoms with Gasteiger partial charge in [0.1, 0.15) is 5.75 Å². The largest absolute Gasteiger partial charge is 0.497 e. The molecule has 0 unspecified atom stereocenters. The third-order valence-corrected chi connectivity index (χ3v) is 3.95. The van der Waals surface area contributed by atoms with Gasteiger partial charge in [-0.15, -0.1) is 0 Å². The van der Waals surface area contributed by atoms with Crippen molar-refractivity contribution in [2.75, 3.05) is 7.11 Å². The molecule has 1 fully saturated rings. The first-order valence-electron chi connectivity index (χ1n) is 5.88. The van der Waals surface area contributed by atoms with Crippen LogP contribution in [-0.4, -0.2) is 16.7 Å². The van der Waals surface area contributed by atoms with Crippen LogP contribution in [0.25, 0.3) is 11.0 Å². The van der Waals surface area contributed by atoms with Gasteiger partial charge in [0.2, 0.25) is 0 Å². The third-order valence-electron chi connectivity index (χ3n) is 3.62. The summed E-state index contributed by atoms with van der Waals surface area (Å²) in [4.78, 5) is 3.25. The number of rotatable bonds is 3. The molecular weight excluding hydrogens is 232 g/mol. The molecule has 1 heterocycles. The Morgan fingerprint density at radius 2 is 2.24 bits per heavy atom. The lowest BCUT2D eigenvalue weighted by Gasteiger charge is -2.10. The van der Waals surface area contributed by atoms with Crippen molar-refractivity contribution in [3.05, 3.63) is 23.0 Å². The number of nitrogens with zero attached hydrogens (tertiary/aromatic N) is 1. The second kappa shape index (κ2) is 3.60. The van der Waals surface area contributed by atoms with Gasteiger partial charge in [0.15, 0.2) is 4.77 Å². The molecule has 4 heteroatoms. The van der Waals surface area contributed by atoms with Crippen LogP contribution in [0, 0.1) is 10.2 Å². The zero-order valence-electron chi connectivity index (χ0n) is 10.1. The summed E-state index contributed by atoms with van der Waals surface area (Å²) in [5, 5.41) is 0. The van der Waals surface area contributed by atoms with Crippen LogP contribution in [0.1, 0.15) is 19.8 Å². The Morgan fingerprint density at radius 1 is 1.47 bits per heavy atom. The highest BCUT2D eigenvalue weighted by Crippen LogP contribution is 2.46. The highest BCUT2D eigenvalue weighted by atomic mass is 32.1. The van der Waals surface area contributed by atoms with Crippen molar-refractivity contribution in [2.24, 2.45) is 5.41 Å². The number of methoxy groups -OCH3 is 1. The van der Waals surface area contributed by atoms with Crippen molar-refractivity contribution in [1.29, 1.82) is 0 Å². The van der Waals surface area contributed by atoms with Gasteiger partial charge in [0.25, 0.3) is 0 Å². The minimum atomic E-state index is 0.452. The van der Waals surface area contributed by atoms with Gasteiger partial charge >= 0.3 is 0 Å². The Balaban J connectivity index is 2.11. The molecule has 0 atom stereocenters. The molecule has 0 aliphatic heterocycles. The fraction of sp³-hybridized carbons (Fsp3) is 0.462. The summed E-state index contributed by atoms with van der Waals surface area (Å²) in [7, 11) is 1.68. The second-order valence-electron chi connectivity index (χ2n) is 5.21. The molecular formula is C13H16N2OS. The quantitative estimate of drug-likeness (QED) is 0.842. The average Bonchev–Trinajstić information content (AvgIpc) is 2.96. The zero-order valence-corrected chi connectivity index (χ0v) is 10.9. The molecule has 1 aliphatic carbocycles. The van der Waals surface area contributed by atoms with Crippen molar-refractivity contribution < 1.29 is 4.74 Å². The molecule has 2 aromatic rings. The first-order valence-corrected chi connectivity index (χ1v) is 6.29. The van der Waals surface area contributed by atoms with E-state index in [1.165, 1.54) is 18.4 Å². The van der Waals surface area contributed by atoms with Gasteiger partial charge in [-0.1, -0.05) is 6.92 Å². The third kappa shape index (κ3) is 1.86. The Hall–Kier alpha value is -1.29. The zero-order chi connectivity index (χ0) is 12.0. The summed E-state index contributed by atoms with van der Waals surface area (Å²) < 4.78 is 8.23. The minimum Gasteiger partial charge on any atom is -0.497 e. The molecule has 90 valence electrons. The van der Waals surface area contributed by atoms with Crippen molar-refractivity contribution in [3.63, 3.8) is 0 Å². The second-order valence-corrected chi connectivity index (χ2v) is 5.60. The predicted octanol–water partition coefficient (Wildman–Crippen LogP) is 3.51. The standard InChI is InChI=1S/C13H16N2OS/c1-13(5-6-13)8-15-11-4-3-9(16-2)7-10(11)14-12(15)17/h3-4,7H,5-6,8H2,1-2H3,(H,14,17). The van der Waals surface area contributed by atoms with Crippen LogP contribution in [0.2, 0.25) is 0 Å². The van der Waals surface area contributed by atoms with Gasteiger partial charge in [-0.2, -0.15) is 0 Å². The highest BCUT2D eigenvalue weighted by Gasteiger charge is 2.37. The number of benzene rings is 1. The van der Waals surface area contributed by atoms with E-state index in [1.807, 2.05) is 12.1 Å². The number of ether oxygens (including phenoxy) is 1. The maximum atomic E-state index is 5.39. The van der Waals surface area contributed by atoms with E-state index in [4.69, 9.17) is 17.0 Å². The van der Waals surface area contributed by atoms with Crippen LogP contribution >= 0.6 is 12.2 Å². The number of fused-ring (bicyclic) bond motifs is 1. The minimum absolute atomic E-state index is 0.452. The van der Waals surface area contributed by atoms with Crippen LogP contribution in [0.4, 0.5) is 0 Å². The maximum absolute atomic E-state index is 5.39. The van der Waals surface area contributed by atoms with Crippen LogP contribution in [0.15, 0.2) is 18.2 Å². The van der Waals surface area contributed by atoms with E-state index in [0.29, 0.717) is 5.41 Å². The monoisotopic (exact) mass is 248 g/mol. The van der Waals surface area contributed by atoms with E-state index in [1.54, 1.807) is 7.11 Å². The van der Waals surface area contributed by atoms with Crippen LogP contribution in [-0.2, 0) is 6.54 Å². The molecule has 1 saturated carbocycles. The van der Waals surface area contributed by atoms with Gasteiger partial charge in [0, 0.05) is 12.6 Å². The van der Waals surface area contributed by atoms with Gasteiger partial charge in [0.05, 0.1) is 18.1 Å². The molecule has 17 heavy (non-hydrogen) atoms.